The molecule has 0 aliphatic heterocycles. The van der Waals surface area contributed by atoms with E-state index in [-0.39, 0.29) is 17.1 Å². The molecule has 0 spiro atoms. The number of amides is 1. The molecule has 0 aliphatic rings. The molecule has 104 valence electrons. The summed E-state index contributed by atoms with van der Waals surface area (Å²) in [5.74, 6) is -2.44. The van der Waals surface area contributed by atoms with E-state index in [0.29, 0.717) is 13.0 Å². The first-order valence-electron chi connectivity index (χ1n) is 5.90. The maximum Gasteiger partial charge on any atom is 0.260 e. The number of hydrogen-bond donors (Lipinski definition) is 1. The Morgan fingerprint density at radius 2 is 2.05 bits per heavy atom. The van der Waals surface area contributed by atoms with Gasteiger partial charge in [0.05, 0.1) is 11.5 Å². The minimum atomic E-state index is -0.878. The fraction of sp³-hybridized carbons (Fsp3) is 0.385. The molecule has 0 saturated heterocycles. The van der Waals surface area contributed by atoms with Gasteiger partial charge in [-0.25, -0.2) is 8.78 Å². The topological polar surface area (TPSA) is 46.3 Å². The van der Waals surface area contributed by atoms with Gasteiger partial charge in [0.25, 0.3) is 5.91 Å². The van der Waals surface area contributed by atoms with E-state index in [9.17, 15) is 13.6 Å². The molecule has 0 bridgehead atoms. The van der Waals surface area contributed by atoms with Gasteiger partial charge in [0.2, 0.25) is 0 Å². The van der Waals surface area contributed by atoms with Crippen molar-refractivity contribution < 1.29 is 13.6 Å². The van der Waals surface area contributed by atoms with Crippen molar-refractivity contribution in [1.29, 1.82) is 0 Å². The third-order valence-electron chi connectivity index (χ3n) is 2.63. The SMILES string of the molecule is CCCN(CC(N)=S)C(=O)c1c(F)ccc(C)c1F. The summed E-state index contributed by atoms with van der Waals surface area (Å²) in [5, 5.41) is 0. The number of carbonyl (C=O) groups excluding carboxylic acids is 1. The summed E-state index contributed by atoms with van der Waals surface area (Å²) >= 11 is 4.74. The minimum absolute atomic E-state index is 0.00876. The second-order valence-electron chi connectivity index (χ2n) is 4.25. The zero-order chi connectivity index (χ0) is 14.6. The summed E-state index contributed by atoms with van der Waals surface area (Å²) in [7, 11) is 0. The molecule has 0 fully saturated rings. The quantitative estimate of drug-likeness (QED) is 0.846. The fourth-order valence-electron chi connectivity index (χ4n) is 1.72. The molecule has 0 unspecified atom stereocenters. The lowest BCUT2D eigenvalue weighted by Crippen LogP contribution is -2.39. The molecule has 3 nitrogen and oxygen atoms in total. The Hall–Kier alpha value is -1.56. The van der Waals surface area contributed by atoms with Gasteiger partial charge in [0.15, 0.2) is 0 Å². The molecule has 0 atom stereocenters. The van der Waals surface area contributed by atoms with Crippen molar-refractivity contribution >= 4 is 23.1 Å². The lowest BCUT2D eigenvalue weighted by Gasteiger charge is -2.22. The highest BCUT2D eigenvalue weighted by molar-refractivity contribution is 7.80. The molecular weight excluding hydrogens is 270 g/mol. The van der Waals surface area contributed by atoms with Crippen molar-refractivity contribution in [2.24, 2.45) is 5.73 Å². The van der Waals surface area contributed by atoms with Crippen LogP contribution in [-0.4, -0.2) is 28.9 Å². The van der Waals surface area contributed by atoms with Crippen LogP contribution in [0.1, 0.15) is 29.3 Å². The number of hydrogen-bond acceptors (Lipinski definition) is 2. The fourth-order valence-corrected chi connectivity index (χ4v) is 1.88. The molecule has 1 aromatic carbocycles. The van der Waals surface area contributed by atoms with Gasteiger partial charge >= 0.3 is 0 Å². The van der Waals surface area contributed by atoms with Crippen LogP contribution < -0.4 is 5.73 Å². The summed E-state index contributed by atoms with van der Waals surface area (Å²) < 4.78 is 27.6. The normalized spacial score (nSPS) is 10.3. The van der Waals surface area contributed by atoms with E-state index in [2.05, 4.69) is 0 Å². The van der Waals surface area contributed by atoms with Crippen molar-refractivity contribution in [2.75, 3.05) is 13.1 Å². The van der Waals surface area contributed by atoms with Crippen molar-refractivity contribution in [2.45, 2.75) is 20.3 Å². The highest BCUT2D eigenvalue weighted by Gasteiger charge is 2.24. The van der Waals surface area contributed by atoms with Crippen molar-refractivity contribution in [3.8, 4) is 0 Å². The number of benzene rings is 1. The van der Waals surface area contributed by atoms with Crippen LogP contribution in [0.25, 0.3) is 0 Å². The van der Waals surface area contributed by atoms with E-state index in [4.69, 9.17) is 18.0 Å². The van der Waals surface area contributed by atoms with Crippen LogP contribution in [0.2, 0.25) is 0 Å². The van der Waals surface area contributed by atoms with Crippen LogP contribution in [-0.2, 0) is 0 Å². The summed E-state index contributed by atoms with van der Waals surface area (Å²) in [6.07, 6.45) is 0.642. The molecule has 19 heavy (non-hydrogen) atoms. The van der Waals surface area contributed by atoms with Gasteiger partial charge in [-0.15, -0.1) is 0 Å². The van der Waals surface area contributed by atoms with E-state index in [1.54, 1.807) is 0 Å². The number of halogens is 2. The number of aryl methyl sites for hydroxylation is 1. The van der Waals surface area contributed by atoms with Crippen molar-refractivity contribution in [3.05, 3.63) is 34.9 Å². The monoisotopic (exact) mass is 286 g/mol. The number of carbonyl (C=O) groups is 1. The second kappa shape index (κ2) is 6.56. The number of rotatable bonds is 5. The minimum Gasteiger partial charge on any atom is -0.392 e. The molecule has 0 aromatic heterocycles. The molecule has 2 N–H and O–H groups in total. The Labute approximate surface area is 116 Å². The molecule has 6 heteroatoms. The van der Waals surface area contributed by atoms with Gasteiger partial charge in [0, 0.05) is 6.54 Å². The maximum atomic E-state index is 13.9. The lowest BCUT2D eigenvalue weighted by molar-refractivity contribution is 0.0770. The van der Waals surface area contributed by atoms with Gasteiger partial charge in [-0.2, -0.15) is 0 Å². The van der Waals surface area contributed by atoms with E-state index in [0.717, 1.165) is 6.07 Å². The first-order chi connectivity index (χ1) is 8.88. The van der Waals surface area contributed by atoms with Crippen LogP contribution in [0.4, 0.5) is 8.78 Å². The highest BCUT2D eigenvalue weighted by Crippen LogP contribution is 2.18. The highest BCUT2D eigenvalue weighted by atomic mass is 32.1. The predicted molar refractivity (Wildman–Crippen MR) is 74.1 cm³/mol. The molecule has 1 rings (SSSR count). The van der Waals surface area contributed by atoms with E-state index < -0.39 is 23.1 Å². The average molecular weight is 286 g/mol. The van der Waals surface area contributed by atoms with Crippen LogP contribution in [0, 0.1) is 18.6 Å². The Kier molecular flexibility index (Phi) is 5.35. The molecule has 0 aliphatic carbocycles. The number of nitrogens with zero attached hydrogens (tertiary/aromatic N) is 1. The summed E-state index contributed by atoms with van der Waals surface area (Å²) in [5.41, 5.74) is 5.06. The Bertz CT molecular complexity index is 506. The average Bonchev–Trinajstić information content (AvgIpc) is 2.33. The second-order valence-corrected chi connectivity index (χ2v) is 4.77. The van der Waals surface area contributed by atoms with E-state index in [1.807, 2.05) is 6.92 Å². The Balaban J connectivity index is 3.16. The standard InChI is InChI=1S/C13H16F2N2OS/c1-3-6-17(7-10(16)19)13(18)11-9(14)5-4-8(2)12(11)15/h4-5H,3,6-7H2,1-2H3,(H2,16,19). The van der Waals surface area contributed by atoms with Gasteiger partial charge in [-0.1, -0.05) is 25.2 Å². The maximum absolute atomic E-state index is 13.9. The third-order valence-corrected chi connectivity index (χ3v) is 2.75. The number of nitrogens with two attached hydrogens (primary N) is 1. The Morgan fingerprint density at radius 3 is 2.58 bits per heavy atom. The van der Waals surface area contributed by atoms with Crippen LogP contribution >= 0.6 is 12.2 Å². The largest absolute Gasteiger partial charge is 0.392 e. The van der Waals surface area contributed by atoms with Crippen LogP contribution in [0.3, 0.4) is 0 Å². The summed E-state index contributed by atoms with van der Waals surface area (Å²) in [6, 6.07) is 2.37. The molecular formula is C13H16F2N2OS. The van der Waals surface area contributed by atoms with Crippen LogP contribution in [0.15, 0.2) is 12.1 Å². The van der Waals surface area contributed by atoms with E-state index in [1.165, 1.54) is 17.9 Å². The zero-order valence-corrected chi connectivity index (χ0v) is 11.7. The molecule has 1 aromatic rings. The molecule has 1 amide bonds. The van der Waals surface area contributed by atoms with Gasteiger partial charge in [0.1, 0.15) is 17.2 Å². The van der Waals surface area contributed by atoms with Gasteiger partial charge < -0.3 is 10.6 Å². The van der Waals surface area contributed by atoms with Crippen molar-refractivity contribution in [3.63, 3.8) is 0 Å². The third kappa shape index (κ3) is 3.70. The molecule has 0 radical (unpaired) electrons. The summed E-state index contributed by atoms with van der Waals surface area (Å²) in [4.78, 5) is 13.6. The number of thiocarbonyl (C=S) groups is 1. The molecule has 0 heterocycles. The first-order valence-corrected chi connectivity index (χ1v) is 6.31. The molecule has 0 saturated carbocycles. The lowest BCUT2D eigenvalue weighted by atomic mass is 10.1. The zero-order valence-electron chi connectivity index (χ0n) is 10.9. The van der Waals surface area contributed by atoms with Gasteiger partial charge in [-0.05, 0) is 25.0 Å². The van der Waals surface area contributed by atoms with Crippen LogP contribution in [0.5, 0.6) is 0 Å². The van der Waals surface area contributed by atoms with E-state index >= 15 is 0 Å². The summed E-state index contributed by atoms with van der Waals surface area (Å²) in [6.45, 7) is 3.67. The van der Waals surface area contributed by atoms with Crippen molar-refractivity contribution in [1.82, 2.24) is 4.90 Å². The smallest absolute Gasteiger partial charge is 0.260 e. The Morgan fingerprint density at radius 1 is 1.42 bits per heavy atom. The first kappa shape index (κ1) is 15.5. The predicted octanol–water partition coefficient (Wildman–Crippen LogP) is 2.41. The van der Waals surface area contributed by atoms with Gasteiger partial charge in [-0.3, -0.25) is 4.79 Å².